The van der Waals surface area contributed by atoms with Gasteiger partial charge in [0.1, 0.15) is 5.56 Å². The third-order valence-electron chi connectivity index (χ3n) is 3.19. The summed E-state index contributed by atoms with van der Waals surface area (Å²) < 4.78 is 0. The third kappa shape index (κ3) is 3.66. The maximum Gasteiger partial charge on any atom is 0.277 e. The fraction of sp³-hybridized carbons (Fsp3) is 0.188. The monoisotopic (exact) mass is 283 g/mol. The molecule has 0 unspecified atom stereocenters. The number of benzene rings is 1. The molecule has 0 atom stereocenters. The van der Waals surface area contributed by atoms with E-state index in [1.165, 1.54) is 0 Å². The number of aromatic amines is 1. The average Bonchev–Trinajstić information content (AvgIpc) is 2.49. The standard InChI is InChI=1S/C16H17N3O2/c1-11-12(2)18-19-16(21)14(11)15(20)17-10-6-9-13-7-4-3-5-8-13/h3-9H,10H2,1-2H3,(H,17,20)(H,19,21)/b9-6+. The maximum absolute atomic E-state index is 12.1. The molecule has 1 amide bonds. The number of carbonyl (C=O) groups excluding carboxylic acids is 1. The van der Waals surface area contributed by atoms with Crippen molar-refractivity contribution in [1.29, 1.82) is 0 Å². The number of nitrogens with one attached hydrogen (secondary N) is 2. The molecule has 21 heavy (non-hydrogen) atoms. The van der Waals surface area contributed by atoms with Gasteiger partial charge in [-0.3, -0.25) is 9.59 Å². The zero-order valence-electron chi connectivity index (χ0n) is 12.0. The Bertz CT molecular complexity index is 718. The molecule has 0 radical (unpaired) electrons. The molecule has 0 saturated carbocycles. The summed E-state index contributed by atoms with van der Waals surface area (Å²) in [6.07, 6.45) is 3.75. The van der Waals surface area contributed by atoms with Gasteiger partial charge in [-0.25, -0.2) is 5.10 Å². The molecule has 1 aromatic heterocycles. The Labute approximate surface area is 122 Å². The van der Waals surface area contributed by atoms with Gasteiger partial charge in [0.2, 0.25) is 0 Å². The highest BCUT2D eigenvalue weighted by Crippen LogP contribution is 2.04. The number of hydrogen-bond acceptors (Lipinski definition) is 3. The lowest BCUT2D eigenvalue weighted by atomic mass is 10.1. The van der Waals surface area contributed by atoms with E-state index in [4.69, 9.17) is 0 Å². The first-order valence-electron chi connectivity index (χ1n) is 6.65. The van der Waals surface area contributed by atoms with E-state index in [9.17, 15) is 9.59 Å². The highest BCUT2D eigenvalue weighted by molar-refractivity contribution is 5.95. The summed E-state index contributed by atoms with van der Waals surface area (Å²) in [5.41, 5.74) is 1.95. The molecule has 2 N–H and O–H groups in total. The molecule has 0 bridgehead atoms. The summed E-state index contributed by atoms with van der Waals surface area (Å²) in [4.78, 5) is 23.7. The van der Waals surface area contributed by atoms with Gasteiger partial charge in [0, 0.05) is 6.54 Å². The van der Waals surface area contributed by atoms with Crippen molar-refractivity contribution in [2.24, 2.45) is 0 Å². The number of aromatic nitrogens is 2. The number of amides is 1. The van der Waals surface area contributed by atoms with Gasteiger partial charge in [-0.15, -0.1) is 0 Å². The van der Waals surface area contributed by atoms with Gasteiger partial charge in [-0.1, -0.05) is 42.5 Å². The van der Waals surface area contributed by atoms with E-state index in [0.29, 0.717) is 17.8 Å². The van der Waals surface area contributed by atoms with Gasteiger partial charge in [0.15, 0.2) is 0 Å². The van der Waals surface area contributed by atoms with E-state index in [1.807, 2.05) is 42.5 Å². The summed E-state index contributed by atoms with van der Waals surface area (Å²) in [5, 5.41) is 8.85. The van der Waals surface area contributed by atoms with Crippen LogP contribution in [-0.2, 0) is 0 Å². The van der Waals surface area contributed by atoms with Gasteiger partial charge in [-0.05, 0) is 25.0 Å². The molecule has 0 aliphatic rings. The first-order valence-corrected chi connectivity index (χ1v) is 6.65. The molecule has 1 heterocycles. The molecule has 2 aromatic rings. The largest absolute Gasteiger partial charge is 0.348 e. The van der Waals surface area contributed by atoms with Gasteiger partial charge in [-0.2, -0.15) is 5.10 Å². The van der Waals surface area contributed by atoms with Crippen LogP contribution < -0.4 is 10.9 Å². The van der Waals surface area contributed by atoms with E-state index < -0.39 is 11.5 Å². The fourth-order valence-corrected chi connectivity index (χ4v) is 1.90. The average molecular weight is 283 g/mol. The molecule has 0 saturated heterocycles. The van der Waals surface area contributed by atoms with Crippen LogP contribution in [-0.4, -0.2) is 22.6 Å². The fourth-order valence-electron chi connectivity index (χ4n) is 1.90. The lowest BCUT2D eigenvalue weighted by Crippen LogP contribution is -2.31. The molecule has 5 nitrogen and oxygen atoms in total. The zero-order chi connectivity index (χ0) is 15.2. The zero-order valence-corrected chi connectivity index (χ0v) is 12.0. The smallest absolute Gasteiger partial charge is 0.277 e. The maximum atomic E-state index is 12.1. The number of carbonyl (C=O) groups is 1. The SMILES string of the molecule is Cc1n[nH]c(=O)c(C(=O)NC/C=C/c2ccccc2)c1C. The molecule has 108 valence electrons. The van der Waals surface area contributed by atoms with Gasteiger partial charge >= 0.3 is 0 Å². The molecule has 0 aliphatic heterocycles. The predicted molar refractivity (Wildman–Crippen MR) is 82.1 cm³/mol. The van der Waals surface area contributed by atoms with Crippen molar-refractivity contribution in [1.82, 2.24) is 15.5 Å². The van der Waals surface area contributed by atoms with Crippen LogP contribution in [0, 0.1) is 13.8 Å². The Balaban J connectivity index is 2.02. The Hall–Kier alpha value is -2.69. The molecular formula is C16H17N3O2. The summed E-state index contributed by atoms with van der Waals surface area (Å²) in [6, 6.07) is 9.78. The number of aryl methyl sites for hydroxylation is 1. The van der Waals surface area contributed by atoms with Crippen LogP contribution in [0.1, 0.15) is 27.2 Å². The highest BCUT2D eigenvalue weighted by atomic mass is 16.2. The van der Waals surface area contributed by atoms with E-state index in [-0.39, 0.29) is 5.56 Å². The molecular weight excluding hydrogens is 266 g/mol. The summed E-state index contributed by atoms with van der Waals surface area (Å²) in [5.74, 6) is -0.392. The highest BCUT2D eigenvalue weighted by Gasteiger charge is 2.14. The van der Waals surface area contributed by atoms with Crippen LogP contribution in [0.4, 0.5) is 0 Å². The minimum absolute atomic E-state index is 0.121. The molecule has 5 heteroatoms. The van der Waals surface area contributed by atoms with Crippen LogP contribution in [0.2, 0.25) is 0 Å². The van der Waals surface area contributed by atoms with Crippen LogP contribution in [0.3, 0.4) is 0 Å². The Morgan fingerprint density at radius 1 is 1.29 bits per heavy atom. The van der Waals surface area contributed by atoms with E-state index in [1.54, 1.807) is 13.8 Å². The molecule has 2 rings (SSSR count). The van der Waals surface area contributed by atoms with E-state index >= 15 is 0 Å². The Morgan fingerprint density at radius 2 is 2.00 bits per heavy atom. The minimum atomic E-state index is -0.470. The van der Waals surface area contributed by atoms with Crippen molar-refractivity contribution >= 4 is 12.0 Å². The molecule has 0 spiro atoms. The van der Waals surface area contributed by atoms with Gasteiger partial charge in [0.25, 0.3) is 11.5 Å². The first kappa shape index (κ1) is 14.7. The normalized spacial score (nSPS) is 10.8. The van der Waals surface area contributed by atoms with Crippen molar-refractivity contribution in [2.45, 2.75) is 13.8 Å². The predicted octanol–water partition coefficient (Wildman–Crippen LogP) is 1.83. The van der Waals surface area contributed by atoms with Crippen LogP contribution in [0.5, 0.6) is 0 Å². The number of nitrogens with zero attached hydrogens (tertiary/aromatic N) is 1. The van der Waals surface area contributed by atoms with E-state index in [0.717, 1.165) is 5.56 Å². The van der Waals surface area contributed by atoms with Crippen molar-refractivity contribution < 1.29 is 4.79 Å². The van der Waals surface area contributed by atoms with Crippen molar-refractivity contribution in [3.8, 4) is 0 Å². The third-order valence-corrected chi connectivity index (χ3v) is 3.19. The number of H-pyrrole nitrogens is 1. The van der Waals surface area contributed by atoms with Crippen molar-refractivity contribution in [3.63, 3.8) is 0 Å². The number of rotatable bonds is 4. The molecule has 0 aliphatic carbocycles. The van der Waals surface area contributed by atoms with Crippen LogP contribution >= 0.6 is 0 Å². The second-order valence-electron chi connectivity index (χ2n) is 4.66. The van der Waals surface area contributed by atoms with Crippen LogP contribution in [0.25, 0.3) is 6.08 Å². The number of hydrogen-bond donors (Lipinski definition) is 2. The van der Waals surface area contributed by atoms with Gasteiger partial charge < -0.3 is 5.32 Å². The second-order valence-corrected chi connectivity index (χ2v) is 4.66. The van der Waals surface area contributed by atoms with Crippen molar-refractivity contribution in [3.05, 3.63) is 69.1 Å². The lowest BCUT2D eigenvalue weighted by Gasteiger charge is -2.06. The quantitative estimate of drug-likeness (QED) is 0.899. The molecule has 0 fully saturated rings. The first-order chi connectivity index (χ1) is 10.1. The Morgan fingerprint density at radius 3 is 2.71 bits per heavy atom. The van der Waals surface area contributed by atoms with Crippen molar-refractivity contribution in [2.75, 3.05) is 6.54 Å². The minimum Gasteiger partial charge on any atom is -0.348 e. The summed E-state index contributed by atoms with van der Waals surface area (Å²) >= 11 is 0. The van der Waals surface area contributed by atoms with Crippen LogP contribution in [0.15, 0.2) is 41.2 Å². The Kier molecular flexibility index (Phi) is 4.66. The lowest BCUT2D eigenvalue weighted by molar-refractivity contribution is 0.0955. The molecule has 1 aromatic carbocycles. The summed E-state index contributed by atoms with van der Waals surface area (Å²) in [7, 11) is 0. The van der Waals surface area contributed by atoms with E-state index in [2.05, 4.69) is 15.5 Å². The topological polar surface area (TPSA) is 74.8 Å². The van der Waals surface area contributed by atoms with Gasteiger partial charge in [0.05, 0.1) is 5.69 Å². The second kappa shape index (κ2) is 6.65. The summed E-state index contributed by atoms with van der Waals surface area (Å²) in [6.45, 7) is 3.82.